The Labute approximate surface area is 67.2 Å². The predicted octanol–water partition coefficient (Wildman–Crippen LogP) is 0.557. The van der Waals surface area contributed by atoms with E-state index in [1.165, 1.54) is 0 Å². The molecule has 0 bridgehead atoms. The third-order valence-electron chi connectivity index (χ3n) is 2.52. The van der Waals surface area contributed by atoms with Crippen molar-refractivity contribution in [3.8, 4) is 0 Å². The number of carbonyl (C=O) groups is 1. The van der Waals surface area contributed by atoms with Crippen molar-refractivity contribution < 1.29 is 14.4 Å². The van der Waals surface area contributed by atoms with Crippen molar-refractivity contribution in [1.82, 2.24) is 0 Å². The van der Waals surface area contributed by atoms with Crippen molar-refractivity contribution in [1.29, 1.82) is 0 Å². The first-order valence-electron chi connectivity index (χ1n) is 4.06. The zero-order valence-electron chi connectivity index (χ0n) is 7.21. The summed E-state index contributed by atoms with van der Waals surface area (Å²) in [6.07, 6.45) is 1.67. The minimum Gasteiger partial charge on any atom is -0.481 e. The van der Waals surface area contributed by atoms with Crippen LogP contribution in [0.4, 0.5) is 0 Å². The number of carboxylic acids is 1. The fraction of sp³-hybridized carbons (Fsp3) is 0.875. The molecule has 1 saturated heterocycles. The second-order valence-corrected chi connectivity index (χ2v) is 4.00. The second kappa shape index (κ2) is 2.81. The molecule has 1 rings (SSSR count). The molecule has 0 atom stereocenters. The zero-order chi connectivity index (χ0) is 8.48. The quantitative estimate of drug-likeness (QED) is 0.566. The molecule has 0 spiro atoms. The number of carboxylic acid groups (broad SMARTS) is 1. The molecule has 0 aromatic rings. The van der Waals surface area contributed by atoms with E-state index in [9.17, 15) is 4.79 Å². The summed E-state index contributed by atoms with van der Waals surface area (Å²) in [6.45, 7) is 1.99. The van der Waals surface area contributed by atoms with Crippen LogP contribution >= 0.6 is 0 Å². The number of piperidine rings is 1. The second-order valence-electron chi connectivity index (χ2n) is 4.00. The van der Waals surface area contributed by atoms with E-state index in [4.69, 9.17) is 5.11 Å². The van der Waals surface area contributed by atoms with Crippen LogP contribution in [0.15, 0.2) is 0 Å². The molecular formula is C8H16NO2+. The third kappa shape index (κ3) is 2.19. The van der Waals surface area contributed by atoms with Crippen molar-refractivity contribution in [2.45, 2.75) is 12.8 Å². The maximum Gasteiger partial charge on any atom is 0.306 e. The Bertz CT molecular complexity index is 155. The highest BCUT2D eigenvalue weighted by molar-refractivity contribution is 5.69. The van der Waals surface area contributed by atoms with Gasteiger partial charge in [-0.25, -0.2) is 0 Å². The number of hydrogen-bond donors (Lipinski definition) is 1. The summed E-state index contributed by atoms with van der Waals surface area (Å²) in [6, 6.07) is 0. The summed E-state index contributed by atoms with van der Waals surface area (Å²) < 4.78 is 0.976. The highest BCUT2D eigenvalue weighted by Gasteiger charge is 2.29. The van der Waals surface area contributed by atoms with E-state index in [0.717, 1.165) is 30.4 Å². The minimum atomic E-state index is -0.621. The number of rotatable bonds is 1. The summed E-state index contributed by atoms with van der Waals surface area (Å²) in [5.41, 5.74) is 0. The van der Waals surface area contributed by atoms with Gasteiger partial charge in [-0.1, -0.05) is 0 Å². The Hall–Kier alpha value is -0.570. The van der Waals surface area contributed by atoms with Crippen molar-refractivity contribution in [2.75, 3.05) is 27.2 Å². The van der Waals surface area contributed by atoms with Crippen LogP contribution in [0.5, 0.6) is 0 Å². The van der Waals surface area contributed by atoms with Gasteiger partial charge in [-0.3, -0.25) is 4.79 Å². The maximum absolute atomic E-state index is 10.6. The average Bonchev–Trinajstić information content (AvgIpc) is 1.86. The summed E-state index contributed by atoms with van der Waals surface area (Å²) >= 11 is 0. The Morgan fingerprint density at radius 2 is 1.82 bits per heavy atom. The van der Waals surface area contributed by atoms with Gasteiger partial charge < -0.3 is 9.59 Å². The lowest BCUT2D eigenvalue weighted by Crippen LogP contribution is -2.47. The molecule has 0 unspecified atom stereocenters. The summed E-state index contributed by atoms with van der Waals surface area (Å²) in [5, 5.41) is 8.70. The molecule has 1 aliphatic rings. The number of quaternary nitrogens is 1. The largest absolute Gasteiger partial charge is 0.481 e. The van der Waals surface area contributed by atoms with Gasteiger partial charge in [0.05, 0.1) is 33.1 Å². The molecule has 0 aliphatic carbocycles. The lowest BCUT2D eigenvalue weighted by Gasteiger charge is -2.35. The van der Waals surface area contributed by atoms with E-state index in [1.807, 2.05) is 0 Å². The van der Waals surface area contributed by atoms with Gasteiger partial charge in [0, 0.05) is 12.8 Å². The lowest BCUT2D eigenvalue weighted by atomic mass is 9.96. The Morgan fingerprint density at radius 3 is 2.18 bits per heavy atom. The summed E-state index contributed by atoms with van der Waals surface area (Å²) in [4.78, 5) is 10.6. The van der Waals surface area contributed by atoms with Gasteiger partial charge in [-0.05, 0) is 0 Å². The van der Waals surface area contributed by atoms with Crippen LogP contribution in [0.25, 0.3) is 0 Å². The van der Waals surface area contributed by atoms with Crippen molar-refractivity contribution in [3.05, 3.63) is 0 Å². The predicted molar refractivity (Wildman–Crippen MR) is 42.2 cm³/mol. The number of nitrogens with zero attached hydrogens (tertiary/aromatic N) is 1. The molecule has 1 fully saturated rings. The smallest absolute Gasteiger partial charge is 0.306 e. The van der Waals surface area contributed by atoms with Crippen LogP contribution in [0.2, 0.25) is 0 Å². The zero-order valence-corrected chi connectivity index (χ0v) is 7.21. The first-order valence-corrected chi connectivity index (χ1v) is 4.06. The van der Waals surface area contributed by atoms with Gasteiger partial charge in [0.1, 0.15) is 0 Å². The topological polar surface area (TPSA) is 37.3 Å². The molecule has 64 valence electrons. The molecule has 3 heteroatoms. The van der Waals surface area contributed by atoms with E-state index in [-0.39, 0.29) is 5.92 Å². The maximum atomic E-state index is 10.6. The van der Waals surface area contributed by atoms with Crippen LogP contribution < -0.4 is 0 Å². The van der Waals surface area contributed by atoms with Crippen LogP contribution in [0.1, 0.15) is 12.8 Å². The molecule has 0 aromatic heterocycles. The Balaban J connectivity index is 2.42. The molecule has 3 nitrogen and oxygen atoms in total. The number of aliphatic carboxylic acids is 1. The number of likely N-dealkylation sites (tertiary alicyclic amines) is 1. The summed E-state index contributed by atoms with van der Waals surface area (Å²) in [5.74, 6) is -0.703. The highest BCUT2D eigenvalue weighted by atomic mass is 16.4. The van der Waals surface area contributed by atoms with E-state index >= 15 is 0 Å². The summed E-state index contributed by atoms with van der Waals surface area (Å²) in [7, 11) is 4.30. The molecule has 0 amide bonds. The molecular weight excluding hydrogens is 142 g/mol. The molecule has 1 N–H and O–H groups in total. The molecule has 11 heavy (non-hydrogen) atoms. The average molecular weight is 158 g/mol. The minimum absolute atomic E-state index is 0.0823. The van der Waals surface area contributed by atoms with Crippen LogP contribution in [-0.4, -0.2) is 42.7 Å². The van der Waals surface area contributed by atoms with E-state index in [0.29, 0.717) is 0 Å². The monoisotopic (exact) mass is 158 g/mol. The van der Waals surface area contributed by atoms with Gasteiger partial charge in [0.2, 0.25) is 0 Å². The van der Waals surface area contributed by atoms with Gasteiger partial charge in [-0.15, -0.1) is 0 Å². The van der Waals surface area contributed by atoms with Gasteiger partial charge in [0.15, 0.2) is 0 Å². The van der Waals surface area contributed by atoms with Crippen LogP contribution in [0.3, 0.4) is 0 Å². The molecule has 0 saturated carbocycles. The first kappa shape index (κ1) is 8.53. The van der Waals surface area contributed by atoms with Gasteiger partial charge >= 0.3 is 5.97 Å². The van der Waals surface area contributed by atoms with E-state index in [1.54, 1.807) is 0 Å². The van der Waals surface area contributed by atoms with E-state index in [2.05, 4.69) is 14.1 Å². The molecule has 1 aliphatic heterocycles. The molecule has 1 heterocycles. The lowest BCUT2D eigenvalue weighted by molar-refractivity contribution is -0.895. The van der Waals surface area contributed by atoms with E-state index < -0.39 is 5.97 Å². The molecule has 0 aromatic carbocycles. The molecule has 0 radical (unpaired) electrons. The fourth-order valence-electron chi connectivity index (χ4n) is 1.51. The third-order valence-corrected chi connectivity index (χ3v) is 2.52. The Kier molecular flexibility index (Phi) is 2.18. The van der Waals surface area contributed by atoms with Crippen LogP contribution in [-0.2, 0) is 4.79 Å². The van der Waals surface area contributed by atoms with Crippen molar-refractivity contribution in [2.24, 2.45) is 5.92 Å². The normalized spacial score (nSPS) is 24.9. The Morgan fingerprint density at radius 1 is 1.36 bits per heavy atom. The van der Waals surface area contributed by atoms with Crippen LogP contribution in [0, 0.1) is 5.92 Å². The van der Waals surface area contributed by atoms with Gasteiger partial charge in [-0.2, -0.15) is 0 Å². The van der Waals surface area contributed by atoms with Gasteiger partial charge in [0.25, 0.3) is 0 Å². The fourth-order valence-corrected chi connectivity index (χ4v) is 1.51. The van der Waals surface area contributed by atoms with Crippen molar-refractivity contribution >= 4 is 5.97 Å². The highest BCUT2D eigenvalue weighted by Crippen LogP contribution is 2.19. The van der Waals surface area contributed by atoms with Crippen molar-refractivity contribution in [3.63, 3.8) is 0 Å². The standard InChI is InChI=1S/C8H15NO2/c1-9(2)5-3-7(4-6-9)8(10)11/h7H,3-6H2,1-2H3/p+1. The number of hydrogen-bond acceptors (Lipinski definition) is 1. The first-order chi connectivity index (χ1) is 5.01. The SMILES string of the molecule is C[N+]1(C)CCC(C(=O)O)CC1.